The van der Waals surface area contributed by atoms with Gasteiger partial charge in [0.15, 0.2) is 0 Å². The minimum Gasteiger partial charge on any atom is -0.0616 e. The third kappa shape index (κ3) is 2.59. The van der Waals surface area contributed by atoms with Gasteiger partial charge in [-0.05, 0) is 92.5 Å². The first-order valence-corrected chi connectivity index (χ1v) is 11.5. The number of hydrogen-bond donors (Lipinski definition) is 0. The lowest BCUT2D eigenvalue weighted by Crippen LogP contribution is -2.19. The molecular formula is C30H28. The Kier molecular flexibility index (Phi) is 4.09. The summed E-state index contributed by atoms with van der Waals surface area (Å²) in [6.45, 7) is 4.92. The predicted octanol–water partition coefficient (Wildman–Crippen LogP) is 8.07. The second kappa shape index (κ2) is 6.84. The Morgan fingerprint density at radius 3 is 1.43 bits per heavy atom. The van der Waals surface area contributed by atoms with E-state index in [-0.39, 0.29) is 0 Å². The fourth-order valence-electron chi connectivity index (χ4n) is 6.01. The second-order valence-corrected chi connectivity index (χ2v) is 9.35. The van der Waals surface area contributed by atoms with Crippen molar-refractivity contribution in [3.63, 3.8) is 0 Å². The highest BCUT2D eigenvalue weighted by molar-refractivity contribution is 6.08. The van der Waals surface area contributed by atoms with Crippen molar-refractivity contribution in [2.75, 3.05) is 0 Å². The van der Waals surface area contributed by atoms with E-state index >= 15 is 0 Å². The monoisotopic (exact) mass is 388 g/mol. The van der Waals surface area contributed by atoms with Crippen LogP contribution in [0.2, 0.25) is 0 Å². The van der Waals surface area contributed by atoms with E-state index in [0.29, 0.717) is 11.8 Å². The zero-order valence-electron chi connectivity index (χ0n) is 17.9. The Morgan fingerprint density at radius 1 is 0.533 bits per heavy atom. The summed E-state index contributed by atoms with van der Waals surface area (Å²) < 4.78 is 0. The van der Waals surface area contributed by atoms with Crippen molar-refractivity contribution in [3.05, 3.63) is 95.1 Å². The highest BCUT2D eigenvalue weighted by Gasteiger charge is 2.31. The number of benzene rings is 4. The van der Waals surface area contributed by atoms with Gasteiger partial charge < -0.3 is 0 Å². The summed E-state index contributed by atoms with van der Waals surface area (Å²) in [7, 11) is 0. The van der Waals surface area contributed by atoms with Crippen molar-refractivity contribution in [1.82, 2.24) is 0 Å². The Labute approximate surface area is 179 Å². The smallest absolute Gasteiger partial charge is 0.0106 e. The van der Waals surface area contributed by atoms with Crippen LogP contribution in [0.5, 0.6) is 0 Å². The average Bonchev–Trinajstić information content (AvgIpc) is 2.79. The molecule has 0 heteroatoms. The third-order valence-electron chi connectivity index (χ3n) is 7.54. The number of rotatable bonds is 0. The van der Waals surface area contributed by atoms with E-state index in [1.54, 1.807) is 11.1 Å². The highest BCUT2D eigenvalue weighted by atomic mass is 14.4. The van der Waals surface area contributed by atoms with Gasteiger partial charge in [-0.25, -0.2) is 0 Å². The third-order valence-corrected chi connectivity index (χ3v) is 7.54. The molecule has 2 aliphatic rings. The maximum absolute atomic E-state index is 2.46. The molecule has 0 saturated heterocycles. The highest BCUT2D eigenvalue weighted by Crippen LogP contribution is 2.50. The van der Waals surface area contributed by atoms with Gasteiger partial charge in [0.05, 0.1) is 0 Å². The van der Waals surface area contributed by atoms with Crippen LogP contribution in [0.4, 0.5) is 0 Å². The number of allylic oxidation sites excluding steroid dienone is 2. The molecule has 0 amide bonds. The Balaban J connectivity index is 1.77. The molecule has 0 N–H and O–H groups in total. The first kappa shape index (κ1) is 18.0. The molecule has 6 rings (SSSR count). The molecule has 0 bridgehead atoms. The standard InChI is InChI=1S/C30H28/c1-19-11-13-23-17-15-21-7-3-5-9-25(21)29(23)27(19)28-20(2)12-14-24-18-16-22-8-4-6-10-26(22)30(24)28/h3-10,15-20H,11-14H2,1-2H3/b28-27+. The van der Waals surface area contributed by atoms with Crippen LogP contribution < -0.4 is 0 Å². The first-order valence-electron chi connectivity index (χ1n) is 11.5. The lowest BCUT2D eigenvalue weighted by molar-refractivity contribution is 0.617. The molecule has 30 heavy (non-hydrogen) atoms. The summed E-state index contributed by atoms with van der Waals surface area (Å²) in [6.07, 6.45) is 4.87. The maximum atomic E-state index is 2.46. The topological polar surface area (TPSA) is 0 Å². The van der Waals surface area contributed by atoms with Gasteiger partial charge in [0.1, 0.15) is 0 Å². The molecular weight excluding hydrogens is 360 g/mol. The summed E-state index contributed by atoms with van der Waals surface area (Å²) >= 11 is 0. The fourth-order valence-corrected chi connectivity index (χ4v) is 6.01. The van der Waals surface area contributed by atoms with Crippen LogP contribution in [0.3, 0.4) is 0 Å². The quantitative estimate of drug-likeness (QED) is 0.286. The fraction of sp³-hybridized carbons (Fsp3) is 0.267. The van der Waals surface area contributed by atoms with Gasteiger partial charge in [0.25, 0.3) is 0 Å². The molecule has 2 unspecified atom stereocenters. The van der Waals surface area contributed by atoms with Gasteiger partial charge in [-0.2, -0.15) is 0 Å². The van der Waals surface area contributed by atoms with E-state index in [0.717, 1.165) is 0 Å². The molecule has 0 saturated carbocycles. The molecule has 0 heterocycles. The summed E-state index contributed by atoms with van der Waals surface area (Å²) in [5.41, 5.74) is 9.39. The van der Waals surface area contributed by atoms with E-state index in [4.69, 9.17) is 0 Å². The minimum absolute atomic E-state index is 0.589. The van der Waals surface area contributed by atoms with E-state index in [2.05, 4.69) is 86.6 Å². The number of aryl methyl sites for hydroxylation is 2. The van der Waals surface area contributed by atoms with Crippen LogP contribution in [-0.2, 0) is 12.8 Å². The molecule has 4 aromatic rings. The molecule has 0 radical (unpaired) electrons. The molecule has 4 aromatic carbocycles. The van der Waals surface area contributed by atoms with Crippen molar-refractivity contribution >= 4 is 32.7 Å². The maximum Gasteiger partial charge on any atom is -0.0106 e. The van der Waals surface area contributed by atoms with Crippen LogP contribution in [0.1, 0.15) is 48.9 Å². The largest absolute Gasteiger partial charge is 0.0616 e. The first-order chi connectivity index (χ1) is 14.7. The minimum atomic E-state index is 0.589. The average molecular weight is 389 g/mol. The van der Waals surface area contributed by atoms with Crippen molar-refractivity contribution in [1.29, 1.82) is 0 Å². The predicted molar refractivity (Wildman–Crippen MR) is 130 cm³/mol. The van der Waals surface area contributed by atoms with Gasteiger partial charge >= 0.3 is 0 Å². The van der Waals surface area contributed by atoms with Crippen molar-refractivity contribution in [3.8, 4) is 0 Å². The second-order valence-electron chi connectivity index (χ2n) is 9.35. The van der Waals surface area contributed by atoms with Gasteiger partial charge in [-0.3, -0.25) is 0 Å². The summed E-state index contributed by atoms with van der Waals surface area (Å²) in [5, 5.41) is 5.60. The number of hydrogen-bond acceptors (Lipinski definition) is 0. The van der Waals surface area contributed by atoms with Crippen LogP contribution in [0.25, 0.3) is 32.7 Å². The molecule has 148 valence electrons. The molecule has 2 atom stereocenters. The lowest BCUT2D eigenvalue weighted by atomic mass is 9.69. The Hall–Kier alpha value is -2.86. The number of fused-ring (bicyclic) bond motifs is 6. The van der Waals surface area contributed by atoms with E-state index < -0.39 is 0 Å². The van der Waals surface area contributed by atoms with Crippen LogP contribution in [0, 0.1) is 11.8 Å². The van der Waals surface area contributed by atoms with Gasteiger partial charge in [0, 0.05) is 0 Å². The Morgan fingerprint density at radius 2 is 0.967 bits per heavy atom. The summed E-state index contributed by atoms with van der Waals surface area (Å²) in [4.78, 5) is 0. The van der Waals surface area contributed by atoms with E-state index in [1.165, 1.54) is 69.5 Å². The lowest BCUT2D eigenvalue weighted by Gasteiger charge is -2.35. The Bertz CT molecular complexity index is 1220. The van der Waals surface area contributed by atoms with Gasteiger partial charge in [-0.15, -0.1) is 0 Å². The van der Waals surface area contributed by atoms with Crippen LogP contribution in [-0.4, -0.2) is 0 Å². The molecule has 0 nitrogen and oxygen atoms in total. The van der Waals surface area contributed by atoms with Gasteiger partial charge in [-0.1, -0.05) is 86.6 Å². The van der Waals surface area contributed by atoms with Crippen molar-refractivity contribution < 1.29 is 0 Å². The van der Waals surface area contributed by atoms with E-state index in [1.807, 2.05) is 0 Å². The molecule has 0 aromatic heterocycles. The summed E-state index contributed by atoms with van der Waals surface area (Å²) in [5.74, 6) is 1.18. The molecule has 2 aliphatic carbocycles. The van der Waals surface area contributed by atoms with Crippen LogP contribution >= 0.6 is 0 Å². The molecule has 0 aliphatic heterocycles. The summed E-state index contributed by atoms with van der Waals surface area (Å²) in [6, 6.07) is 27.4. The zero-order valence-corrected chi connectivity index (χ0v) is 17.9. The van der Waals surface area contributed by atoms with Crippen molar-refractivity contribution in [2.24, 2.45) is 11.8 Å². The molecule has 0 spiro atoms. The van der Waals surface area contributed by atoms with E-state index in [9.17, 15) is 0 Å². The molecule has 0 fully saturated rings. The van der Waals surface area contributed by atoms with Crippen molar-refractivity contribution in [2.45, 2.75) is 39.5 Å². The van der Waals surface area contributed by atoms with Gasteiger partial charge in [0.2, 0.25) is 0 Å². The SMILES string of the molecule is CC1CCc2ccc3ccccc3c2/C1=C1/c2c(ccc3ccccc23)CCC1C. The van der Waals surface area contributed by atoms with Crippen LogP contribution in [0.15, 0.2) is 72.8 Å². The normalized spacial score (nSPS) is 23.4. The zero-order chi connectivity index (χ0) is 20.2.